The van der Waals surface area contributed by atoms with Gasteiger partial charge < -0.3 is 10.1 Å². The van der Waals surface area contributed by atoms with Gasteiger partial charge in [0.2, 0.25) is 0 Å². The zero-order valence-corrected chi connectivity index (χ0v) is 14.7. The van der Waals surface area contributed by atoms with Crippen LogP contribution >= 0.6 is 11.8 Å². The molecule has 1 aromatic rings. The van der Waals surface area contributed by atoms with Crippen LogP contribution in [0.15, 0.2) is 23.4 Å². The molecule has 0 aromatic carbocycles. The summed E-state index contributed by atoms with van der Waals surface area (Å²) < 4.78 is 5.26. The summed E-state index contributed by atoms with van der Waals surface area (Å²) in [5.41, 5.74) is -0.508. The smallest absolute Gasteiger partial charge is 0.341 e. The first kappa shape index (κ1) is 18.3. The predicted molar refractivity (Wildman–Crippen MR) is 90.5 cm³/mol. The van der Waals surface area contributed by atoms with Crippen LogP contribution in [0.1, 0.15) is 49.4 Å². The fourth-order valence-corrected chi connectivity index (χ4v) is 3.28. The average molecular weight is 347 g/mol. The van der Waals surface area contributed by atoms with Crippen molar-refractivity contribution in [2.45, 2.75) is 55.7 Å². The third-order valence-electron chi connectivity index (χ3n) is 4.12. The second-order valence-electron chi connectivity index (χ2n) is 5.85. The number of aromatic nitrogens is 1. The number of pyridine rings is 1. The molecule has 128 valence electrons. The third-order valence-corrected chi connectivity index (χ3v) is 4.83. The summed E-state index contributed by atoms with van der Waals surface area (Å²) in [6, 6.07) is 5.48. The molecule has 0 saturated heterocycles. The lowest BCUT2D eigenvalue weighted by Gasteiger charge is -2.32. The van der Waals surface area contributed by atoms with Crippen LogP contribution in [-0.2, 0) is 9.53 Å². The van der Waals surface area contributed by atoms with Crippen LogP contribution in [0.25, 0.3) is 0 Å². The lowest BCUT2D eigenvalue weighted by molar-refractivity contribution is -0.130. The Morgan fingerprint density at radius 3 is 2.75 bits per heavy atom. The number of amides is 1. The normalized spacial score (nSPS) is 17.4. The standard InChI is InChI=1S/C17H21N3O3S/c1-12(14(21)20-17(11-18)8-4-3-5-9-17)23-16(22)13-7-6-10-19-15(13)24-2/h6-7,10,12H,3-5,8-9H2,1-2H3,(H,20,21). The van der Waals surface area contributed by atoms with E-state index in [1.54, 1.807) is 18.3 Å². The molecule has 24 heavy (non-hydrogen) atoms. The number of esters is 1. The highest BCUT2D eigenvalue weighted by atomic mass is 32.2. The topological polar surface area (TPSA) is 92.1 Å². The van der Waals surface area contributed by atoms with E-state index in [-0.39, 0.29) is 0 Å². The van der Waals surface area contributed by atoms with Gasteiger partial charge in [0, 0.05) is 6.20 Å². The van der Waals surface area contributed by atoms with Gasteiger partial charge in [-0.3, -0.25) is 4.79 Å². The van der Waals surface area contributed by atoms with Crippen LogP contribution in [0, 0.1) is 11.3 Å². The molecule has 6 nitrogen and oxygen atoms in total. The minimum Gasteiger partial charge on any atom is -0.449 e. The number of thioether (sulfide) groups is 1. The molecular formula is C17H21N3O3S. The zero-order valence-electron chi connectivity index (χ0n) is 13.9. The quantitative estimate of drug-likeness (QED) is 0.650. The molecular weight excluding hydrogens is 326 g/mol. The van der Waals surface area contributed by atoms with Crippen molar-refractivity contribution in [3.05, 3.63) is 23.9 Å². The first-order valence-electron chi connectivity index (χ1n) is 7.94. The molecule has 1 aliphatic carbocycles. The minimum absolute atomic E-state index is 0.331. The van der Waals surface area contributed by atoms with Crippen molar-refractivity contribution in [2.75, 3.05) is 6.26 Å². The number of rotatable bonds is 5. The van der Waals surface area contributed by atoms with Crippen molar-refractivity contribution in [2.24, 2.45) is 0 Å². The summed E-state index contributed by atoms with van der Waals surface area (Å²) in [4.78, 5) is 28.7. The van der Waals surface area contributed by atoms with Crippen molar-refractivity contribution in [1.82, 2.24) is 10.3 Å². The van der Waals surface area contributed by atoms with E-state index in [0.717, 1.165) is 19.3 Å². The Hall–Kier alpha value is -2.07. The van der Waals surface area contributed by atoms with Gasteiger partial charge in [-0.1, -0.05) is 19.3 Å². The monoisotopic (exact) mass is 347 g/mol. The molecule has 1 amide bonds. The molecule has 0 spiro atoms. The van der Waals surface area contributed by atoms with E-state index in [9.17, 15) is 14.9 Å². The first-order chi connectivity index (χ1) is 11.5. The van der Waals surface area contributed by atoms with Gasteiger partial charge in [0.15, 0.2) is 6.10 Å². The maximum Gasteiger partial charge on any atom is 0.341 e. The molecule has 1 aromatic heterocycles. The minimum atomic E-state index is -0.973. The Balaban J connectivity index is 2.01. The SMILES string of the molecule is CSc1ncccc1C(=O)OC(C)C(=O)NC1(C#N)CCCCC1. The molecule has 1 aliphatic rings. The second-order valence-corrected chi connectivity index (χ2v) is 6.65. The number of ether oxygens (including phenoxy) is 1. The number of nitrogens with zero attached hydrogens (tertiary/aromatic N) is 2. The van der Waals surface area contributed by atoms with E-state index in [4.69, 9.17) is 4.74 Å². The molecule has 1 heterocycles. The van der Waals surface area contributed by atoms with E-state index in [0.29, 0.717) is 23.4 Å². The highest BCUT2D eigenvalue weighted by molar-refractivity contribution is 7.98. The number of carbonyl (C=O) groups excluding carboxylic acids is 2. The van der Waals surface area contributed by atoms with Gasteiger partial charge in [0.05, 0.1) is 11.6 Å². The highest BCUT2D eigenvalue weighted by Crippen LogP contribution is 2.27. The number of carbonyl (C=O) groups is 2. The van der Waals surface area contributed by atoms with Crippen LogP contribution in [0.4, 0.5) is 0 Å². The average Bonchev–Trinajstić information content (AvgIpc) is 2.62. The summed E-state index contributed by atoms with van der Waals surface area (Å²) >= 11 is 1.34. The van der Waals surface area contributed by atoms with E-state index < -0.39 is 23.5 Å². The molecule has 1 atom stereocenters. The summed E-state index contributed by atoms with van der Waals surface area (Å²) in [5, 5.41) is 12.7. The Labute approximate surface area is 146 Å². The number of nitriles is 1. The molecule has 0 aliphatic heterocycles. The van der Waals surface area contributed by atoms with Crippen molar-refractivity contribution < 1.29 is 14.3 Å². The number of hydrogen-bond acceptors (Lipinski definition) is 6. The molecule has 0 bridgehead atoms. The molecule has 7 heteroatoms. The molecule has 2 rings (SSSR count). The van der Waals surface area contributed by atoms with Gasteiger partial charge in [-0.2, -0.15) is 5.26 Å². The van der Waals surface area contributed by atoms with Crippen LogP contribution < -0.4 is 5.32 Å². The fourth-order valence-electron chi connectivity index (χ4n) is 2.74. The van der Waals surface area contributed by atoms with Crippen LogP contribution in [0.3, 0.4) is 0 Å². The summed E-state index contributed by atoms with van der Waals surface area (Å²) in [7, 11) is 0. The molecule has 1 unspecified atom stereocenters. The Bertz CT molecular complexity index is 651. The lowest BCUT2D eigenvalue weighted by Crippen LogP contribution is -2.52. The van der Waals surface area contributed by atoms with Gasteiger partial charge in [0.1, 0.15) is 10.6 Å². The second kappa shape index (κ2) is 8.15. The maximum atomic E-state index is 12.3. The van der Waals surface area contributed by atoms with Crippen LogP contribution in [-0.4, -0.2) is 34.8 Å². The molecule has 0 radical (unpaired) electrons. The van der Waals surface area contributed by atoms with Crippen LogP contribution in [0.5, 0.6) is 0 Å². The maximum absolute atomic E-state index is 12.3. The van der Waals surface area contributed by atoms with E-state index in [1.165, 1.54) is 18.7 Å². The van der Waals surface area contributed by atoms with Gasteiger partial charge in [0.25, 0.3) is 5.91 Å². The van der Waals surface area contributed by atoms with Crippen molar-refractivity contribution in [3.8, 4) is 6.07 Å². The van der Waals surface area contributed by atoms with E-state index in [1.807, 2.05) is 6.26 Å². The van der Waals surface area contributed by atoms with E-state index >= 15 is 0 Å². The zero-order chi connectivity index (χ0) is 17.6. The van der Waals surface area contributed by atoms with Crippen LogP contribution in [0.2, 0.25) is 0 Å². The highest BCUT2D eigenvalue weighted by Gasteiger charge is 2.35. The summed E-state index contributed by atoms with van der Waals surface area (Å²) in [6.45, 7) is 1.51. The molecule has 1 fully saturated rings. The molecule has 1 N–H and O–H groups in total. The summed E-state index contributed by atoms with van der Waals surface area (Å²) in [6.07, 6.45) is 6.60. The first-order valence-corrected chi connectivity index (χ1v) is 9.17. The van der Waals surface area contributed by atoms with Gasteiger partial charge in [-0.05, 0) is 38.2 Å². The Morgan fingerprint density at radius 2 is 2.12 bits per heavy atom. The fraction of sp³-hybridized carbons (Fsp3) is 0.529. The van der Waals surface area contributed by atoms with Crippen molar-refractivity contribution in [3.63, 3.8) is 0 Å². The largest absolute Gasteiger partial charge is 0.449 e. The Morgan fingerprint density at radius 1 is 1.42 bits per heavy atom. The van der Waals surface area contributed by atoms with Gasteiger partial charge >= 0.3 is 5.97 Å². The summed E-state index contributed by atoms with van der Waals surface area (Å²) in [5.74, 6) is -1.04. The number of hydrogen-bond donors (Lipinski definition) is 1. The van der Waals surface area contributed by atoms with E-state index in [2.05, 4.69) is 16.4 Å². The number of nitrogens with one attached hydrogen (secondary N) is 1. The third kappa shape index (κ3) is 4.26. The van der Waals surface area contributed by atoms with Crippen molar-refractivity contribution in [1.29, 1.82) is 5.26 Å². The van der Waals surface area contributed by atoms with Gasteiger partial charge in [-0.15, -0.1) is 11.8 Å². The molecule has 1 saturated carbocycles. The predicted octanol–water partition coefficient (Wildman–Crippen LogP) is 2.69. The Kier molecular flexibility index (Phi) is 6.21. The van der Waals surface area contributed by atoms with Crippen molar-refractivity contribution >= 4 is 23.6 Å². The van der Waals surface area contributed by atoms with Gasteiger partial charge in [-0.25, -0.2) is 9.78 Å². The lowest BCUT2D eigenvalue weighted by atomic mass is 9.83.